The minimum atomic E-state index is -0.473. The molecule has 0 bridgehead atoms. The van der Waals surface area contributed by atoms with E-state index >= 15 is 0 Å². The van der Waals surface area contributed by atoms with Crippen LogP contribution < -0.4 is 10.1 Å². The third-order valence-electron chi connectivity index (χ3n) is 2.40. The number of benzene rings is 1. The van der Waals surface area contributed by atoms with Gasteiger partial charge < -0.3 is 14.8 Å². The van der Waals surface area contributed by atoms with E-state index in [0.717, 1.165) is 0 Å². The molecule has 1 aromatic rings. The maximum Gasteiger partial charge on any atom is 0.343 e. The Labute approximate surface area is 112 Å². The van der Waals surface area contributed by atoms with Crippen molar-refractivity contribution in [3.8, 4) is 5.75 Å². The lowest BCUT2D eigenvalue weighted by Gasteiger charge is -2.21. The number of ether oxygens (including phenoxy) is 2. The first-order chi connectivity index (χ1) is 8.81. The molecule has 0 aliphatic rings. The molecule has 1 rings (SSSR count). The monoisotopic (exact) mass is 269 g/mol. The van der Waals surface area contributed by atoms with Gasteiger partial charge in [0.25, 0.3) is 0 Å². The van der Waals surface area contributed by atoms with Crippen molar-refractivity contribution in [2.24, 2.45) is 0 Å². The maximum absolute atomic E-state index is 13.3. The van der Waals surface area contributed by atoms with Gasteiger partial charge in [-0.05, 0) is 39.0 Å². The number of nitrogens with one attached hydrogen (secondary N) is 1. The van der Waals surface area contributed by atoms with Gasteiger partial charge in [0, 0.05) is 17.6 Å². The molecule has 4 nitrogen and oxygen atoms in total. The fourth-order valence-electron chi connectivity index (χ4n) is 1.38. The van der Waals surface area contributed by atoms with Crippen LogP contribution in [-0.2, 0) is 16.1 Å². The minimum Gasteiger partial charge on any atom is -0.482 e. The number of carbonyl (C=O) groups is 1. The predicted octanol–water partition coefficient (Wildman–Crippen LogP) is 2.27. The van der Waals surface area contributed by atoms with Gasteiger partial charge in [-0.15, -0.1) is 0 Å². The second-order valence-electron chi connectivity index (χ2n) is 5.22. The molecule has 0 spiro atoms. The zero-order valence-electron chi connectivity index (χ0n) is 11.7. The first-order valence-corrected chi connectivity index (χ1v) is 6.05. The molecular weight excluding hydrogens is 249 g/mol. The fourth-order valence-corrected chi connectivity index (χ4v) is 1.38. The summed E-state index contributed by atoms with van der Waals surface area (Å²) in [6.45, 7) is 6.31. The van der Waals surface area contributed by atoms with Crippen molar-refractivity contribution in [2.45, 2.75) is 32.9 Å². The number of rotatable bonds is 5. The highest BCUT2D eigenvalue weighted by Crippen LogP contribution is 2.20. The molecule has 1 N–H and O–H groups in total. The molecule has 5 heteroatoms. The third kappa shape index (κ3) is 5.70. The number of esters is 1. The van der Waals surface area contributed by atoms with Gasteiger partial charge in [0.1, 0.15) is 11.6 Å². The Morgan fingerprint density at radius 2 is 2.05 bits per heavy atom. The van der Waals surface area contributed by atoms with E-state index in [1.807, 2.05) is 20.8 Å². The number of methoxy groups -OCH3 is 1. The molecule has 0 amide bonds. The molecule has 106 valence electrons. The van der Waals surface area contributed by atoms with Crippen LogP contribution in [0.1, 0.15) is 26.3 Å². The summed E-state index contributed by atoms with van der Waals surface area (Å²) < 4.78 is 23.1. The summed E-state index contributed by atoms with van der Waals surface area (Å²) in [5.41, 5.74) is 0.574. The van der Waals surface area contributed by atoms with E-state index in [-0.39, 0.29) is 18.0 Å². The van der Waals surface area contributed by atoms with Gasteiger partial charge in [-0.2, -0.15) is 0 Å². The highest BCUT2D eigenvalue weighted by atomic mass is 19.1. The van der Waals surface area contributed by atoms with E-state index in [9.17, 15) is 9.18 Å². The van der Waals surface area contributed by atoms with Crippen LogP contribution in [-0.4, -0.2) is 25.2 Å². The second-order valence-corrected chi connectivity index (χ2v) is 5.22. The lowest BCUT2D eigenvalue weighted by molar-refractivity contribution is -0.142. The summed E-state index contributed by atoms with van der Waals surface area (Å²) in [5.74, 6) is -0.335. The fraction of sp³-hybridized carbons (Fsp3) is 0.500. The zero-order valence-corrected chi connectivity index (χ0v) is 11.7. The molecule has 0 radical (unpaired) electrons. The minimum absolute atomic E-state index is 0.0913. The molecule has 0 unspecified atom stereocenters. The SMILES string of the molecule is COC(=O)COc1ccc(F)cc1CNC(C)(C)C. The quantitative estimate of drug-likeness (QED) is 0.833. The summed E-state index contributed by atoms with van der Waals surface area (Å²) in [5, 5.41) is 3.24. The molecule has 0 saturated carbocycles. The molecule has 0 aliphatic heterocycles. The second kappa shape index (κ2) is 6.52. The van der Waals surface area contributed by atoms with Gasteiger partial charge in [-0.1, -0.05) is 0 Å². The lowest BCUT2D eigenvalue weighted by atomic mass is 10.1. The van der Waals surface area contributed by atoms with Crippen LogP contribution in [0.2, 0.25) is 0 Å². The largest absolute Gasteiger partial charge is 0.482 e. The van der Waals surface area contributed by atoms with E-state index in [4.69, 9.17) is 4.74 Å². The van der Waals surface area contributed by atoms with Gasteiger partial charge in [-0.3, -0.25) is 0 Å². The normalized spacial score (nSPS) is 11.2. The van der Waals surface area contributed by atoms with Crippen molar-refractivity contribution in [1.82, 2.24) is 5.32 Å². The van der Waals surface area contributed by atoms with Crippen LogP contribution in [0.25, 0.3) is 0 Å². The van der Waals surface area contributed by atoms with E-state index in [0.29, 0.717) is 17.9 Å². The van der Waals surface area contributed by atoms with E-state index < -0.39 is 5.97 Å². The zero-order chi connectivity index (χ0) is 14.5. The highest BCUT2D eigenvalue weighted by Gasteiger charge is 2.12. The Morgan fingerprint density at radius 1 is 1.37 bits per heavy atom. The molecule has 1 aromatic carbocycles. The maximum atomic E-state index is 13.3. The van der Waals surface area contributed by atoms with Crippen molar-refractivity contribution in [3.05, 3.63) is 29.6 Å². The molecule has 0 aliphatic carbocycles. The van der Waals surface area contributed by atoms with Gasteiger partial charge in [0.2, 0.25) is 0 Å². The average Bonchev–Trinajstić information content (AvgIpc) is 2.33. The predicted molar refractivity (Wildman–Crippen MR) is 70.5 cm³/mol. The Morgan fingerprint density at radius 3 is 2.63 bits per heavy atom. The van der Waals surface area contributed by atoms with E-state index in [1.54, 1.807) is 0 Å². The molecule has 0 aromatic heterocycles. The number of halogens is 1. The van der Waals surface area contributed by atoms with Gasteiger partial charge in [0.15, 0.2) is 6.61 Å². The Hall–Kier alpha value is -1.62. The lowest BCUT2D eigenvalue weighted by Crippen LogP contribution is -2.35. The average molecular weight is 269 g/mol. The van der Waals surface area contributed by atoms with Crippen LogP contribution in [0.15, 0.2) is 18.2 Å². The van der Waals surface area contributed by atoms with Crippen LogP contribution in [0.3, 0.4) is 0 Å². The van der Waals surface area contributed by atoms with Crippen molar-refractivity contribution in [1.29, 1.82) is 0 Å². The van der Waals surface area contributed by atoms with Gasteiger partial charge >= 0.3 is 5.97 Å². The molecule has 0 atom stereocenters. The molecule has 0 heterocycles. The standard InChI is InChI=1S/C14H20FNO3/c1-14(2,3)16-8-10-7-11(15)5-6-12(10)19-9-13(17)18-4/h5-7,16H,8-9H2,1-4H3. The Balaban J connectivity index is 2.76. The highest BCUT2D eigenvalue weighted by molar-refractivity contribution is 5.70. The molecule has 19 heavy (non-hydrogen) atoms. The molecule has 0 saturated heterocycles. The molecular formula is C14H20FNO3. The molecule has 0 fully saturated rings. The number of hydrogen-bond donors (Lipinski definition) is 1. The van der Waals surface area contributed by atoms with Crippen LogP contribution >= 0.6 is 0 Å². The topological polar surface area (TPSA) is 47.6 Å². The Bertz CT molecular complexity index is 441. The van der Waals surface area contributed by atoms with Crippen molar-refractivity contribution in [3.63, 3.8) is 0 Å². The van der Waals surface area contributed by atoms with Gasteiger partial charge in [-0.25, -0.2) is 9.18 Å². The first-order valence-electron chi connectivity index (χ1n) is 6.05. The summed E-state index contributed by atoms with van der Waals surface area (Å²) in [6, 6.07) is 4.20. The Kier molecular flexibility index (Phi) is 5.30. The van der Waals surface area contributed by atoms with E-state index in [1.165, 1.54) is 25.3 Å². The van der Waals surface area contributed by atoms with Crippen molar-refractivity contribution >= 4 is 5.97 Å². The van der Waals surface area contributed by atoms with Crippen LogP contribution in [0, 0.1) is 5.82 Å². The summed E-state index contributed by atoms with van der Waals surface area (Å²) in [7, 11) is 1.29. The third-order valence-corrected chi connectivity index (χ3v) is 2.40. The van der Waals surface area contributed by atoms with Crippen molar-refractivity contribution in [2.75, 3.05) is 13.7 Å². The van der Waals surface area contributed by atoms with Crippen LogP contribution in [0.4, 0.5) is 4.39 Å². The smallest absolute Gasteiger partial charge is 0.343 e. The summed E-state index contributed by atoms with van der Waals surface area (Å²) >= 11 is 0. The number of hydrogen-bond acceptors (Lipinski definition) is 4. The summed E-state index contributed by atoms with van der Waals surface area (Å²) in [4.78, 5) is 11.0. The summed E-state index contributed by atoms with van der Waals surface area (Å²) in [6.07, 6.45) is 0. The van der Waals surface area contributed by atoms with Gasteiger partial charge in [0.05, 0.1) is 7.11 Å². The van der Waals surface area contributed by atoms with Crippen LogP contribution in [0.5, 0.6) is 5.75 Å². The van der Waals surface area contributed by atoms with E-state index in [2.05, 4.69) is 10.1 Å². The van der Waals surface area contributed by atoms with Crippen molar-refractivity contribution < 1.29 is 18.7 Å². The number of carbonyl (C=O) groups excluding carboxylic acids is 1. The first kappa shape index (κ1) is 15.4.